The number of hydrogen-bond donors (Lipinski definition) is 1. The van der Waals surface area contributed by atoms with Gasteiger partial charge in [-0.2, -0.15) is 5.10 Å². The predicted octanol–water partition coefficient (Wildman–Crippen LogP) is 4.67. The predicted molar refractivity (Wildman–Crippen MR) is 95.6 cm³/mol. The molecule has 4 nitrogen and oxygen atoms in total. The molecule has 116 valence electrons. The van der Waals surface area contributed by atoms with Gasteiger partial charge >= 0.3 is 0 Å². The minimum Gasteiger partial charge on any atom is -0.306 e. The van der Waals surface area contributed by atoms with Gasteiger partial charge in [0.05, 0.1) is 17.7 Å². The molecule has 0 aliphatic rings. The highest BCUT2D eigenvalue weighted by molar-refractivity contribution is 6.31. The lowest BCUT2D eigenvalue weighted by Crippen LogP contribution is -2.00. The average Bonchev–Trinajstić information content (AvgIpc) is 3.10. The summed E-state index contributed by atoms with van der Waals surface area (Å²) in [5.74, 6) is 0. The number of anilines is 1. The van der Waals surface area contributed by atoms with E-state index in [0.717, 1.165) is 33.2 Å². The van der Waals surface area contributed by atoms with Crippen molar-refractivity contribution < 1.29 is 0 Å². The van der Waals surface area contributed by atoms with Crippen molar-refractivity contribution in [1.29, 1.82) is 0 Å². The third-order valence-electron chi connectivity index (χ3n) is 3.61. The summed E-state index contributed by atoms with van der Waals surface area (Å²) in [5.41, 5.74) is 7.98. The molecular formula is C18H17ClN4. The van der Waals surface area contributed by atoms with Crippen molar-refractivity contribution >= 4 is 23.0 Å². The molecule has 3 aromatic rings. The summed E-state index contributed by atoms with van der Waals surface area (Å²) in [7, 11) is 0. The highest BCUT2D eigenvalue weighted by atomic mass is 35.5. The molecular weight excluding hydrogens is 308 g/mol. The molecule has 0 spiro atoms. The van der Waals surface area contributed by atoms with Crippen molar-refractivity contribution in [3.63, 3.8) is 0 Å². The Hall–Kier alpha value is -2.59. The Labute approximate surface area is 140 Å². The molecule has 1 heterocycles. The average molecular weight is 325 g/mol. The molecule has 0 unspecified atom stereocenters. The molecule has 0 bridgehead atoms. The third-order valence-corrected chi connectivity index (χ3v) is 4.02. The van der Waals surface area contributed by atoms with Crippen LogP contribution in [0.4, 0.5) is 5.69 Å². The van der Waals surface area contributed by atoms with Gasteiger partial charge in [-0.3, -0.25) is 5.43 Å². The van der Waals surface area contributed by atoms with Crippen molar-refractivity contribution in [1.82, 2.24) is 9.55 Å². The largest absolute Gasteiger partial charge is 0.306 e. The van der Waals surface area contributed by atoms with E-state index in [1.165, 1.54) is 0 Å². The lowest BCUT2D eigenvalue weighted by atomic mass is 10.1. The molecule has 5 heteroatoms. The van der Waals surface area contributed by atoms with Crippen LogP contribution in [0.15, 0.2) is 66.3 Å². The minimum atomic E-state index is 0.729. The van der Waals surface area contributed by atoms with Crippen LogP contribution < -0.4 is 5.43 Å². The topological polar surface area (TPSA) is 42.2 Å². The maximum atomic E-state index is 6.12. The first-order valence-electron chi connectivity index (χ1n) is 7.29. The molecule has 0 radical (unpaired) electrons. The fraction of sp³-hybridized carbons (Fsp3) is 0.111. The second kappa shape index (κ2) is 6.67. The Balaban J connectivity index is 1.74. The quantitative estimate of drug-likeness (QED) is 0.559. The molecule has 1 aromatic heterocycles. The number of aromatic nitrogens is 2. The number of aryl methyl sites for hydroxylation is 1. The van der Waals surface area contributed by atoms with Gasteiger partial charge in [-0.1, -0.05) is 29.8 Å². The number of hydrazone groups is 1. The number of nitrogens with zero attached hydrogens (tertiary/aromatic N) is 3. The monoisotopic (exact) mass is 324 g/mol. The molecule has 23 heavy (non-hydrogen) atoms. The van der Waals surface area contributed by atoms with Crippen LogP contribution >= 0.6 is 11.6 Å². The van der Waals surface area contributed by atoms with Crippen molar-refractivity contribution in [3.8, 4) is 5.69 Å². The van der Waals surface area contributed by atoms with E-state index in [4.69, 9.17) is 11.6 Å². The number of benzene rings is 2. The Morgan fingerprint density at radius 1 is 1.17 bits per heavy atom. The van der Waals surface area contributed by atoms with Crippen molar-refractivity contribution in [3.05, 3.63) is 77.3 Å². The Kier molecular flexibility index (Phi) is 4.44. The second-order valence-electron chi connectivity index (χ2n) is 5.29. The van der Waals surface area contributed by atoms with Gasteiger partial charge in [0, 0.05) is 23.1 Å². The van der Waals surface area contributed by atoms with E-state index in [1.807, 2.05) is 67.1 Å². The molecule has 0 atom stereocenters. The summed E-state index contributed by atoms with van der Waals surface area (Å²) in [6, 6.07) is 14.0. The Morgan fingerprint density at radius 3 is 2.61 bits per heavy atom. The number of rotatable bonds is 4. The lowest BCUT2D eigenvalue weighted by molar-refractivity contribution is 1.06. The molecule has 3 rings (SSSR count). The molecule has 0 aliphatic carbocycles. The van der Waals surface area contributed by atoms with Crippen LogP contribution in [-0.4, -0.2) is 15.3 Å². The lowest BCUT2D eigenvalue weighted by Gasteiger charge is -2.07. The standard InChI is InChI=1S/C18H17ClN4/c1-13-3-6-16(11-18(13)19)22-21-14(2)15-4-7-17(8-5-15)23-10-9-20-12-23/h3-12,22H,1-2H3. The van der Waals surface area contributed by atoms with Gasteiger partial charge in [-0.05, 0) is 49.2 Å². The summed E-state index contributed by atoms with van der Waals surface area (Å²) >= 11 is 6.12. The van der Waals surface area contributed by atoms with Gasteiger partial charge in [0.15, 0.2) is 0 Å². The Morgan fingerprint density at radius 2 is 1.96 bits per heavy atom. The fourth-order valence-corrected chi connectivity index (χ4v) is 2.34. The van der Waals surface area contributed by atoms with Crippen molar-refractivity contribution in [2.45, 2.75) is 13.8 Å². The number of nitrogens with one attached hydrogen (secondary N) is 1. The SMILES string of the molecule is CC(=NNc1ccc(C)c(Cl)c1)c1ccc(-n2ccnc2)cc1. The maximum Gasteiger partial charge on any atom is 0.0991 e. The van der Waals surface area contributed by atoms with Gasteiger partial charge in [0.25, 0.3) is 0 Å². The molecule has 2 aromatic carbocycles. The van der Waals surface area contributed by atoms with Gasteiger partial charge in [-0.25, -0.2) is 4.98 Å². The van der Waals surface area contributed by atoms with Crippen LogP contribution in [0.1, 0.15) is 18.1 Å². The molecule has 0 saturated carbocycles. The van der Waals surface area contributed by atoms with Gasteiger partial charge in [0.2, 0.25) is 0 Å². The van der Waals surface area contributed by atoms with Crippen molar-refractivity contribution in [2.75, 3.05) is 5.43 Å². The van der Waals surface area contributed by atoms with Crippen LogP contribution in [0.2, 0.25) is 5.02 Å². The fourth-order valence-electron chi connectivity index (χ4n) is 2.16. The van der Waals surface area contributed by atoms with Crippen LogP contribution in [0.5, 0.6) is 0 Å². The van der Waals surface area contributed by atoms with E-state index in [2.05, 4.69) is 15.5 Å². The smallest absolute Gasteiger partial charge is 0.0991 e. The van der Waals surface area contributed by atoms with E-state index < -0.39 is 0 Å². The zero-order valence-corrected chi connectivity index (χ0v) is 13.7. The Bertz CT molecular complexity index is 821. The number of hydrogen-bond acceptors (Lipinski definition) is 3. The highest BCUT2D eigenvalue weighted by Crippen LogP contribution is 2.20. The van der Waals surface area contributed by atoms with Gasteiger partial charge < -0.3 is 4.57 Å². The first-order chi connectivity index (χ1) is 11.1. The van der Waals surface area contributed by atoms with E-state index in [9.17, 15) is 0 Å². The normalized spacial score (nSPS) is 11.5. The van der Waals surface area contributed by atoms with E-state index in [1.54, 1.807) is 12.5 Å². The van der Waals surface area contributed by atoms with E-state index in [0.29, 0.717) is 0 Å². The summed E-state index contributed by atoms with van der Waals surface area (Å²) in [6.07, 6.45) is 5.45. The van der Waals surface area contributed by atoms with Crippen LogP contribution in [0.3, 0.4) is 0 Å². The molecule has 0 saturated heterocycles. The first kappa shape index (κ1) is 15.3. The van der Waals surface area contributed by atoms with Crippen LogP contribution in [-0.2, 0) is 0 Å². The van der Waals surface area contributed by atoms with Gasteiger partial charge in [0.1, 0.15) is 0 Å². The zero-order chi connectivity index (χ0) is 16.2. The van der Waals surface area contributed by atoms with Crippen LogP contribution in [0, 0.1) is 6.92 Å². The van der Waals surface area contributed by atoms with Gasteiger partial charge in [-0.15, -0.1) is 0 Å². The molecule has 0 aliphatic heterocycles. The second-order valence-corrected chi connectivity index (χ2v) is 5.70. The molecule has 1 N–H and O–H groups in total. The van der Waals surface area contributed by atoms with Crippen molar-refractivity contribution in [2.24, 2.45) is 5.10 Å². The minimum absolute atomic E-state index is 0.729. The van der Waals surface area contributed by atoms with E-state index >= 15 is 0 Å². The van der Waals surface area contributed by atoms with E-state index in [-0.39, 0.29) is 0 Å². The first-order valence-corrected chi connectivity index (χ1v) is 7.66. The van der Waals surface area contributed by atoms with Crippen LogP contribution in [0.25, 0.3) is 5.69 Å². The summed E-state index contributed by atoms with van der Waals surface area (Å²) in [4.78, 5) is 4.05. The summed E-state index contributed by atoms with van der Waals surface area (Å²) in [6.45, 7) is 3.94. The third kappa shape index (κ3) is 3.60. The molecule has 0 fully saturated rings. The summed E-state index contributed by atoms with van der Waals surface area (Å²) < 4.78 is 1.96. The summed E-state index contributed by atoms with van der Waals surface area (Å²) in [5, 5.41) is 5.15. The molecule has 0 amide bonds. The maximum absolute atomic E-state index is 6.12. The number of imidazole rings is 1. The zero-order valence-electron chi connectivity index (χ0n) is 13.0. The highest BCUT2D eigenvalue weighted by Gasteiger charge is 2.01. The number of halogens is 1.